The van der Waals surface area contributed by atoms with Crippen molar-refractivity contribution in [1.29, 1.82) is 0 Å². The van der Waals surface area contributed by atoms with Crippen LogP contribution in [0, 0.1) is 29.6 Å². The largest absolute Gasteiger partial charge is 0.496 e. The molecule has 6 rings (SSSR count). The van der Waals surface area contributed by atoms with Gasteiger partial charge in [0.1, 0.15) is 5.75 Å². The number of thiazole rings is 1. The number of amides is 2. The number of nitrogens with zero attached hydrogens (tertiary/aromatic N) is 1. The van der Waals surface area contributed by atoms with Crippen LogP contribution in [-0.4, -0.2) is 51.7 Å². The molecule has 10 heteroatoms. The molecule has 2 N–H and O–H groups in total. The van der Waals surface area contributed by atoms with Crippen molar-refractivity contribution in [3.8, 4) is 5.75 Å². The molecule has 4 aliphatic rings. The van der Waals surface area contributed by atoms with Gasteiger partial charge in [0.2, 0.25) is 11.8 Å². The number of nitrogens with one attached hydrogen (secondary N) is 1. The van der Waals surface area contributed by atoms with Crippen LogP contribution in [0.1, 0.15) is 29.2 Å². The number of methoxy groups -OCH3 is 1. The highest BCUT2D eigenvalue weighted by atomic mass is 32.2. The minimum absolute atomic E-state index is 0.00374. The summed E-state index contributed by atoms with van der Waals surface area (Å²) in [4.78, 5) is 54.9. The molecule has 2 bridgehead atoms. The number of carbonyl (C=O) groups is 3. The third kappa shape index (κ3) is 2.89. The fourth-order valence-electron chi connectivity index (χ4n) is 6.78. The predicted octanol–water partition coefficient (Wildman–Crippen LogP) is 2.39. The molecule has 0 radical (unpaired) electrons. The summed E-state index contributed by atoms with van der Waals surface area (Å²) in [5, 5.41) is 10.0. The standard InChI is InChI=1S/C23H22N2O6S2/c1-31-12-5-3-2-4-9(12)14-15-10-8-11(18(15)32-20-19(14)33-23(30)24-20)17-16(10)21(28)25(22(17)29)7-6-13(26)27/h2-5,10-11,14-18H,6-8H2,1H3,(H,24,30)(H,26,27)/t10-,11-,14-,15-,16+,17+,18-/m1/s1. The number of likely N-dealkylation sites (tertiary alicyclic amines) is 1. The van der Waals surface area contributed by atoms with E-state index in [0.717, 1.165) is 27.6 Å². The summed E-state index contributed by atoms with van der Waals surface area (Å²) in [5.74, 6) is -1.51. The first-order valence-corrected chi connectivity index (χ1v) is 12.7. The van der Waals surface area contributed by atoms with E-state index in [4.69, 9.17) is 9.84 Å². The number of aromatic nitrogens is 1. The summed E-state index contributed by atoms with van der Waals surface area (Å²) in [7, 11) is 1.63. The molecule has 0 unspecified atom stereocenters. The van der Waals surface area contributed by atoms with E-state index in [0.29, 0.717) is 0 Å². The van der Waals surface area contributed by atoms with E-state index >= 15 is 0 Å². The number of para-hydroxylation sites is 1. The molecule has 2 aliphatic heterocycles. The molecule has 3 fully saturated rings. The van der Waals surface area contributed by atoms with E-state index < -0.39 is 17.8 Å². The number of carbonyl (C=O) groups excluding carboxylic acids is 2. The molecule has 172 valence electrons. The minimum atomic E-state index is -1.02. The highest BCUT2D eigenvalue weighted by Crippen LogP contribution is 2.68. The average Bonchev–Trinajstić information content (AvgIpc) is 3.51. The fourth-order valence-corrected chi connectivity index (χ4v) is 9.66. The highest BCUT2D eigenvalue weighted by molar-refractivity contribution is 8.00. The van der Waals surface area contributed by atoms with Gasteiger partial charge in [0.05, 0.1) is 30.4 Å². The van der Waals surface area contributed by atoms with E-state index in [2.05, 4.69) is 4.98 Å². The smallest absolute Gasteiger partial charge is 0.305 e. The Morgan fingerprint density at radius 2 is 1.91 bits per heavy atom. The van der Waals surface area contributed by atoms with Gasteiger partial charge in [-0.2, -0.15) is 0 Å². The first kappa shape index (κ1) is 21.0. The number of aliphatic carboxylic acids is 1. The second kappa shape index (κ2) is 7.46. The van der Waals surface area contributed by atoms with Gasteiger partial charge < -0.3 is 14.8 Å². The molecule has 0 spiro atoms. The fraction of sp³-hybridized carbons (Fsp3) is 0.478. The average molecular weight is 487 g/mol. The Balaban J connectivity index is 1.43. The lowest BCUT2D eigenvalue weighted by Crippen LogP contribution is -2.42. The van der Waals surface area contributed by atoms with Crippen molar-refractivity contribution in [2.45, 2.75) is 29.0 Å². The number of thioether (sulfide) groups is 1. The van der Waals surface area contributed by atoms with Gasteiger partial charge in [-0.1, -0.05) is 29.5 Å². The lowest BCUT2D eigenvalue weighted by atomic mass is 9.68. The lowest BCUT2D eigenvalue weighted by Gasteiger charge is -2.43. The molecule has 8 nitrogen and oxygen atoms in total. The Labute approximate surface area is 197 Å². The van der Waals surface area contributed by atoms with Crippen molar-refractivity contribution in [3.63, 3.8) is 0 Å². The first-order valence-electron chi connectivity index (χ1n) is 11.0. The van der Waals surface area contributed by atoms with E-state index in [9.17, 15) is 19.2 Å². The highest BCUT2D eigenvalue weighted by Gasteiger charge is 2.69. The normalized spacial score (nSPS) is 33.7. The van der Waals surface area contributed by atoms with Gasteiger partial charge in [-0.25, -0.2) is 0 Å². The van der Waals surface area contributed by atoms with Crippen LogP contribution in [-0.2, 0) is 14.4 Å². The zero-order chi connectivity index (χ0) is 23.0. The SMILES string of the molecule is COc1ccccc1[C@H]1c2sc(=O)[nH]c2S[C@@H]2[C@@H]3C[C@@H]([C@@H]4C(=O)N(CCC(=O)O)C(=O)[C@@H]34)[C@H]12. The Morgan fingerprint density at radius 3 is 2.64 bits per heavy atom. The van der Waals surface area contributed by atoms with Crippen LogP contribution in [0.3, 0.4) is 0 Å². The molecular weight excluding hydrogens is 464 g/mol. The Hall–Kier alpha value is -2.59. The van der Waals surface area contributed by atoms with Crippen molar-refractivity contribution in [2.75, 3.05) is 13.7 Å². The van der Waals surface area contributed by atoms with Crippen LogP contribution in [0.25, 0.3) is 0 Å². The van der Waals surface area contributed by atoms with Crippen LogP contribution >= 0.6 is 23.1 Å². The summed E-state index contributed by atoms with van der Waals surface area (Å²) < 4.78 is 5.67. The Morgan fingerprint density at radius 1 is 1.18 bits per heavy atom. The number of ether oxygens (including phenoxy) is 1. The molecule has 33 heavy (non-hydrogen) atoms. The lowest BCUT2D eigenvalue weighted by molar-refractivity contribution is -0.142. The zero-order valence-corrected chi connectivity index (χ0v) is 19.4. The summed E-state index contributed by atoms with van der Waals surface area (Å²) in [6, 6.07) is 7.80. The molecule has 1 aromatic carbocycles. The molecule has 2 aromatic rings. The maximum Gasteiger partial charge on any atom is 0.305 e. The number of imide groups is 1. The van der Waals surface area contributed by atoms with E-state index in [1.807, 2.05) is 24.3 Å². The van der Waals surface area contributed by atoms with E-state index in [1.54, 1.807) is 18.9 Å². The van der Waals surface area contributed by atoms with E-state index in [-0.39, 0.29) is 58.6 Å². The maximum atomic E-state index is 13.3. The quantitative estimate of drug-likeness (QED) is 0.623. The zero-order valence-electron chi connectivity index (χ0n) is 17.7. The number of fused-ring (bicyclic) bond motifs is 9. The van der Waals surface area contributed by atoms with Gasteiger partial charge >= 0.3 is 10.8 Å². The minimum Gasteiger partial charge on any atom is -0.496 e. The summed E-state index contributed by atoms with van der Waals surface area (Å²) in [5.41, 5.74) is 0.996. The number of rotatable bonds is 5. The van der Waals surface area contributed by atoms with Crippen LogP contribution in [0.2, 0.25) is 0 Å². The van der Waals surface area contributed by atoms with Gasteiger partial charge in [-0.3, -0.25) is 24.1 Å². The van der Waals surface area contributed by atoms with Crippen LogP contribution in [0.4, 0.5) is 0 Å². The molecule has 2 amide bonds. The van der Waals surface area contributed by atoms with Crippen LogP contribution < -0.4 is 9.61 Å². The predicted molar refractivity (Wildman–Crippen MR) is 120 cm³/mol. The van der Waals surface area contributed by atoms with Gasteiger partial charge in [0.15, 0.2) is 0 Å². The second-order valence-corrected chi connectivity index (χ2v) is 11.4. The van der Waals surface area contributed by atoms with Crippen LogP contribution in [0.5, 0.6) is 5.75 Å². The molecule has 7 atom stereocenters. The molecule has 2 aliphatic carbocycles. The number of carboxylic acids is 1. The van der Waals surface area contributed by atoms with Gasteiger partial charge in [-0.05, 0) is 30.2 Å². The molecule has 1 saturated heterocycles. The number of H-pyrrole nitrogens is 1. The molecule has 2 saturated carbocycles. The van der Waals surface area contributed by atoms with Gasteiger partial charge in [0, 0.05) is 28.2 Å². The summed E-state index contributed by atoms with van der Waals surface area (Å²) >= 11 is 2.85. The van der Waals surface area contributed by atoms with Crippen molar-refractivity contribution in [1.82, 2.24) is 9.88 Å². The summed E-state index contributed by atoms with van der Waals surface area (Å²) in [6.07, 6.45) is 0.558. The molecular formula is C23H22N2O6S2. The Bertz CT molecular complexity index is 1240. The van der Waals surface area contributed by atoms with Crippen molar-refractivity contribution in [3.05, 3.63) is 44.4 Å². The van der Waals surface area contributed by atoms with E-state index in [1.165, 1.54) is 16.2 Å². The van der Waals surface area contributed by atoms with Crippen molar-refractivity contribution >= 4 is 40.9 Å². The van der Waals surface area contributed by atoms with Crippen molar-refractivity contribution < 1.29 is 24.2 Å². The molecule has 3 heterocycles. The van der Waals surface area contributed by atoms with Gasteiger partial charge in [-0.15, -0.1) is 11.8 Å². The van der Waals surface area contributed by atoms with Gasteiger partial charge in [0.25, 0.3) is 0 Å². The first-order chi connectivity index (χ1) is 15.9. The number of hydrogen-bond donors (Lipinski definition) is 2. The van der Waals surface area contributed by atoms with Crippen LogP contribution in [0.15, 0.2) is 34.1 Å². The monoisotopic (exact) mass is 486 g/mol. The maximum absolute atomic E-state index is 13.3. The topological polar surface area (TPSA) is 117 Å². The number of aromatic amines is 1. The second-order valence-electron chi connectivity index (χ2n) is 9.17. The number of carboxylic acid groups (broad SMARTS) is 1. The van der Waals surface area contributed by atoms with Crippen molar-refractivity contribution in [2.24, 2.45) is 29.6 Å². The third-order valence-electron chi connectivity index (χ3n) is 7.84. The molecule has 1 aromatic heterocycles. The Kier molecular flexibility index (Phi) is 4.74. The summed E-state index contributed by atoms with van der Waals surface area (Å²) in [6.45, 7) is -0.0709. The number of benzene rings is 1. The third-order valence-corrected chi connectivity index (χ3v) is 10.4. The number of hydrogen-bond acceptors (Lipinski definition) is 7.